The SMILES string of the molecule is COC(=O)[C@]12CC=C(C)C[C@H]1C(C)(C)C=CC2=O. The molecule has 0 aromatic rings. The summed E-state index contributed by atoms with van der Waals surface area (Å²) in [6, 6.07) is 0. The predicted octanol–water partition coefficient (Wildman–Crippen LogP) is 2.67. The molecule has 98 valence electrons. The highest BCUT2D eigenvalue weighted by Crippen LogP contribution is 2.53. The Morgan fingerprint density at radius 1 is 1.44 bits per heavy atom. The van der Waals surface area contributed by atoms with E-state index in [1.165, 1.54) is 12.7 Å². The van der Waals surface area contributed by atoms with E-state index < -0.39 is 11.4 Å². The molecule has 0 amide bonds. The molecule has 0 saturated carbocycles. The average Bonchev–Trinajstić information content (AvgIpc) is 2.34. The van der Waals surface area contributed by atoms with Crippen LogP contribution in [0.25, 0.3) is 0 Å². The topological polar surface area (TPSA) is 43.4 Å². The van der Waals surface area contributed by atoms with Crippen molar-refractivity contribution in [1.29, 1.82) is 0 Å². The van der Waals surface area contributed by atoms with Gasteiger partial charge in [0.2, 0.25) is 0 Å². The van der Waals surface area contributed by atoms with E-state index >= 15 is 0 Å². The van der Waals surface area contributed by atoms with Crippen molar-refractivity contribution in [1.82, 2.24) is 0 Å². The van der Waals surface area contributed by atoms with Crippen LogP contribution < -0.4 is 0 Å². The molecule has 0 unspecified atom stereocenters. The second kappa shape index (κ2) is 4.08. The normalized spacial score (nSPS) is 33.7. The fourth-order valence-corrected chi connectivity index (χ4v) is 3.29. The molecule has 18 heavy (non-hydrogen) atoms. The van der Waals surface area contributed by atoms with Gasteiger partial charge in [-0.2, -0.15) is 0 Å². The highest BCUT2D eigenvalue weighted by molar-refractivity contribution is 6.10. The Morgan fingerprint density at radius 2 is 2.11 bits per heavy atom. The first kappa shape index (κ1) is 13.1. The summed E-state index contributed by atoms with van der Waals surface area (Å²) in [5, 5.41) is 0. The van der Waals surface area contributed by atoms with Crippen LogP contribution in [-0.2, 0) is 14.3 Å². The van der Waals surface area contributed by atoms with Crippen LogP contribution in [0.4, 0.5) is 0 Å². The largest absolute Gasteiger partial charge is 0.468 e. The summed E-state index contributed by atoms with van der Waals surface area (Å²) in [5.41, 5.74) is 0.0696. The number of rotatable bonds is 1. The molecule has 0 saturated heterocycles. The zero-order valence-corrected chi connectivity index (χ0v) is 11.4. The van der Waals surface area contributed by atoms with Gasteiger partial charge in [0.25, 0.3) is 0 Å². The van der Waals surface area contributed by atoms with Gasteiger partial charge in [0.15, 0.2) is 5.78 Å². The summed E-state index contributed by atoms with van der Waals surface area (Å²) in [7, 11) is 1.36. The van der Waals surface area contributed by atoms with Crippen molar-refractivity contribution in [3.63, 3.8) is 0 Å². The van der Waals surface area contributed by atoms with E-state index in [4.69, 9.17) is 4.74 Å². The van der Waals surface area contributed by atoms with Crippen LogP contribution in [0.5, 0.6) is 0 Å². The van der Waals surface area contributed by atoms with Gasteiger partial charge in [0.05, 0.1) is 7.11 Å². The van der Waals surface area contributed by atoms with Gasteiger partial charge in [-0.05, 0) is 37.2 Å². The first-order valence-corrected chi connectivity index (χ1v) is 6.32. The van der Waals surface area contributed by atoms with Crippen molar-refractivity contribution in [3.05, 3.63) is 23.8 Å². The molecular formula is C15H20O3. The third kappa shape index (κ3) is 1.64. The molecular weight excluding hydrogens is 228 g/mol. The lowest BCUT2D eigenvalue weighted by atomic mass is 9.53. The second-order valence-corrected chi connectivity index (χ2v) is 5.99. The number of carbonyl (C=O) groups is 2. The van der Waals surface area contributed by atoms with E-state index in [9.17, 15) is 9.59 Å². The maximum Gasteiger partial charge on any atom is 0.320 e. The highest BCUT2D eigenvalue weighted by atomic mass is 16.5. The number of fused-ring (bicyclic) bond motifs is 1. The highest BCUT2D eigenvalue weighted by Gasteiger charge is 2.58. The lowest BCUT2D eigenvalue weighted by molar-refractivity contribution is -0.164. The number of allylic oxidation sites excluding steroid dienone is 4. The number of ether oxygens (including phenoxy) is 1. The van der Waals surface area contributed by atoms with Crippen LogP contribution in [0.3, 0.4) is 0 Å². The molecule has 0 N–H and O–H groups in total. The minimum atomic E-state index is -1.01. The number of carbonyl (C=O) groups excluding carboxylic acids is 2. The van der Waals surface area contributed by atoms with Crippen molar-refractivity contribution >= 4 is 11.8 Å². The maximum atomic E-state index is 12.3. The quantitative estimate of drug-likeness (QED) is 0.407. The van der Waals surface area contributed by atoms with Crippen molar-refractivity contribution < 1.29 is 14.3 Å². The molecule has 0 bridgehead atoms. The lowest BCUT2D eigenvalue weighted by Gasteiger charge is -2.48. The van der Waals surface area contributed by atoms with Gasteiger partial charge in [0.1, 0.15) is 5.41 Å². The summed E-state index contributed by atoms with van der Waals surface area (Å²) in [4.78, 5) is 24.6. The Hall–Kier alpha value is -1.38. The van der Waals surface area contributed by atoms with Crippen LogP contribution >= 0.6 is 0 Å². The predicted molar refractivity (Wildman–Crippen MR) is 68.9 cm³/mol. The summed E-state index contributed by atoms with van der Waals surface area (Å²) in [5.74, 6) is -0.513. The molecule has 2 aliphatic rings. The van der Waals surface area contributed by atoms with Gasteiger partial charge < -0.3 is 4.74 Å². The number of hydrogen-bond donors (Lipinski definition) is 0. The standard InChI is InChI=1S/C15H20O3/c1-10-5-8-15(13(17)18-4)11(9-10)14(2,3)7-6-12(15)16/h5-7,11H,8-9H2,1-4H3/t11-,15+/m0/s1. The van der Waals surface area contributed by atoms with Crippen LogP contribution in [0.15, 0.2) is 23.8 Å². The van der Waals surface area contributed by atoms with E-state index in [2.05, 4.69) is 20.8 Å². The Kier molecular flexibility index (Phi) is 2.96. The average molecular weight is 248 g/mol. The first-order valence-electron chi connectivity index (χ1n) is 6.32. The summed E-state index contributed by atoms with van der Waals surface area (Å²) in [6.07, 6.45) is 6.73. The van der Waals surface area contributed by atoms with Crippen LogP contribution in [0.2, 0.25) is 0 Å². The molecule has 2 atom stereocenters. The monoisotopic (exact) mass is 248 g/mol. The smallest absolute Gasteiger partial charge is 0.320 e. The molecule has 3 nitrogen and oxygen atoms in total. The molecule has 0 aromatic carbocycles. The number of hydrogen-bond acceptors (Lipinski definition) is 3. The van der Waals surface area contributed by atoms with Crippen molar-refractivity contribution in [2.24, 2.45) is 16.7 Å². The van der Waals surface area contributed by atoms with Gasteiger partial charge in [-0.15, -0.1) is 0 Å². The van der Waals surface area contributed by atoms with E-state index in [0.29, 0.717) is 6.42 Å². The minimum absolute atomic E-state index is 0.0139. The fourth-order valence-electron chi connectivity index (χ4n) is 3.29. The molecule has 0 aliphatic heterocycles. The summed E-state index contributed by atoms with van der Waals surface area (Å²) >= 11 is 0. The summed E-state index contributed by atoms with van der Waals surface area (Å²) < 4.78 is 4.93. The van der Waals surface area contributed by atoms with Crippen LogP contribution in [0, 0.1) is 16.7 Å². The number of ketones is 1. The Bertz CT molecular complexity index is 456. The van der Waals surface area contributed by atoms with Gasteiger partial charge in [-0.1, -0.05) is 31.6 Å². The third-order valence-electron chi connectivity index (χ3n) is 4.45. The Labute approximate surface area is 108 Å². The van der Waals surface area contributed by atoms with Gasteiger partial charge >= 0.3 is 5.97 Å². The number of methoxy groups -OCH3 is 1. The Morgan fingerprint density at radius 3 is 2.72 bits per heavy atom. The number of esters is 1. The zero-order valence-electron chi connectivity index (χ0n) is 11.4. The van der Waals surface area contributed by atoms with E-state index in [0.717, 1.165) is 6.42 Å². The van der Waals surface area contributed by atoms with Crippen LogP contribution in [-0.4, -0.2) is 18.9 Å². The lowest BCUT2D eigenvalue weighted by Crippen LogP contribution is -2.53. The van der Waals surface area contributed by atoms with Crippen molar-refractivity contribution in [3.8, 4) is 0 Å². The molecule has 0 heterocycles. The summed E-state index contributed by atoms with van der Waals surface area (Å²) in [6.45, 7) is 6.22. The molecule has 2 aliphatic carbocycles. The third-order valence-corrected chi connectivity index (χ3v) is 4.45. The molecule has 2 rings (SSSR count). The zero-order chi connectivity index (χ0) is 13.6. The van der Waals surface area contributed by atoms with Crippen molar-refractivity contribution in [2.45, 2.75) is 33.6 Å². The van der Waals surface area contributed by atoms with Gasteiger partial charge in [-0.3, -0.25) is 9.59 Å². The van der Waals surface area contributed by atoms with Crippen molar-refractivity contribution in [2.75, 3.05) is 7.11 Å². The molecule has 0 aromatic heterocycles. The maximum absolute atomic E-state index is 12.3. The molecule has 0 radical (unpaired) electrons. The molecule has 3 heteroatoms. The van der Waals surface area contributed by atoms with E-state index in [-0.39, 0.29) is 17.1 Å². The van der Waals surface area contributed by atoms with E-state index in [1.54, 1.807) is 6.08 Å². The minimum Gasteiger partial charge on any atom is -0.468 e. The fraction of sp³-hybridized carbons (Fsp3) is 0.600. The van der Waals surface area contributed by atoms with Crippen LogP contribution in [0.1, 0.15) is 33.6 Å². The van der Waals surface area contributed by atoms with Gasteiger partial charge in [-0.25, -0.2) is 0 Å². The van der Waals surface area contributed by atoms with E-state index in [1.807, 2.05) is 12.2 Å². The van der Waals surface area contributed by atoms with Gasteiger partial charge in [0, 0.05) is 0 Å². The molecule has 0 fully saturated rings. The first-order chi connectivity index (χ1) is 8.34. The molecule has 0 spiro atoms. The second-order valence-electron chi connectivity index (χ2n) is 5.99. The Balaban J connectivity index is 2.59.